The number of benzene rings is 1. The van der Waals surface area contributed by atoms with E-state index in [2.05, 4.69) is 23.6 Å². The number of hydrogen-bond acceptors (Lipinski definition) is 2. The van der Waals surface area contributed by atoms with Crippen molar-refractivity contribution in [2.75, 3.05) is 11.9 Å². The Morgan fingerprint density at radius 1 is 1.35 bits per heavy atom. The van der Waals surface area contributed by atoms with Gasteiger partial charge in [0.25, 0.3) is 5.91 Å². The quantitative estimate of drug-likeness (QED) is 0.895. The van der Waals surface area contributed by atoms with Gasteiger partial charge in [0.15, 0.2) is 0 Å². The summed E-state index contributed by atoms with van der Waals surface area (Å²) < 4.78 is 0. The van der Waals surface area contributed by atoms with Crippen LogP contribution in [0.2, 0.25) is 0 Å². The van der Waals surface area contributed by atoms with E-state index >= 15 is 0 Å². The van der Waals surface area contributed by atoms with Crippen molar-refractivity contribution in [1.29, 1.82) is 0 Å². The van der Waals surface area contributed by atoms with Crippen LogP contribution in [-0.2, 0) is 6.42 Å². The largest absolute Gasteiger partial charge is 0.385 e. The molecule has 1 heterocycles. The van der Waals surface area contributed by atoms with Crippen molar-refractivity contribution in [2.45, 2.75) is 51.0 Å². The minimum Gasteiger partial charge on any atom is -0.385 e. The maximum Gasteiger partial charge on any atom is 0.252 e. The Morgan fingerprint density at radius 3 is 2.80 bits per heavy atom. The lowest BCUT2D eigenvalue weighted by atomic mass is 9.74. The van der Waals surface area contributed by atoms with E-state index in [0.717, 1.165) is 49.9 Å². The van der Waals surface area contributed by atoms with Gasteiger partial charge in [-0.1, -0.05) is 13.0 Å². The van der Waals surface area contributed by atoms with Gasteiger partial charge in [0.1, 0.15) is 0 Å². The van der Waals surface area contributed by atoms with Gasteiger partial charge in [-0.3, -0.25) is 4.79 Å². The molecule has 0 spiro atoms. The summed E-state index contributed by atoms with van der Waals surface area (Å²) in [6.07, 6.45) is 6.64. The second-order valence-electron chi connectivity index (χ2n) is 5.80. The summed E-state index contributed by atoms with van der Waals surface area (Å²) in [4.78, 5) is 12.5. The fourth-order valence-electron chi connectivity index (χ4n) is 3.20. The van der Waals surface area contributed by atoms with E-state index in [-0.39, 0.29) is 23.9 Å². The molecule has 1 aromatic carbocycles. The molecular weight excluding hydrogens is 272 g/mol. The lowest BCUT2D eigenvalue weighted by molar-refractivity contribution is 0.0819. The lowest BCUT2D eigenvalue weighted by Crippen LogP contribution is -2.53. The Balaban J connectivity index is 0.00000147. The zero-order valence-corrected chi connectivity index (χ0v) is 12.8. The van der Waals surface area contributed by atoms with Crippen LogP contribution < -0.4 is 10.6 Å². The highest BCUT2D eigenvalue weighted by atomic mass is 35.5. The van der Waals surface area contributed by atoms with Gasteiger partial charge in [-0.05, 0) is 56.2 Å². The highest BCUT2D eigenvalue weighted by Gasteiger charge is 2.37. The summed E-state index contributed by atoms with van der Waals surface area (Å²) in [5.41, 5.74) is 3.27. The Bertz CT molecular complexity index is 492. The predicted molar refractivity (Wildman–Crippen MR) is 84.8 cm³/mol. The zero-order chi connectivity index (χ0) is 13.3. The van der Waals surface area contributed by atoms with Gasteiger partial charge < -0.3 is 10.6 Å². The molecule has 0 unspecified atom stereocenters. The van der Waals surface area contributed by atoms with Crippen molar-refractivity contribution in [3.05, 3.63) is 29.3 Å². The van der Waals surface area contributed by atoms with Crippen molar-refractivity contribution >= 4 is 24.0 Å². The predicted octanol–water partition coefficient (Wildman–Crippen LogP) is 3.53. The number of hydrogen-bond donors (Lipinski definition) is 2. The van der Waals surface area contributed by atoms with Crippen LogP contribution in [0.3, 0.4) is 0 Å². The topological polar surface area (TPSA) is 41.1 Å². The number of fused-ring (bicyclic) bond motifs is 1. The van der Waals surface area contributed by atoms with E-state index in [1.807, 2.05) is 12.1 Å². The second-order valence-corrected chi connectivity index (χ2v) is 5.80. The first-order chi connectivity index (χ1) is 9.24. The molecule has 1 fully saturated rings. The lowest BCUT2D eigenvalue weighted by Gasteiger charge is -2.42. The van der Waals surface area contributed by atoms with Gasteiger partial charge in [0, 0.05) is 23.3 Å². The summed E-state index contributed by atoms with van der Waals surface area (Å²) in [5.74, 6) is 0.113. The molecule has 3 rings (SSSR count). The van der Waals surface area contributed by atoms with Gasteiger partial charge in [0.05, 0.1) is 0 Å². The molecule has 4 heteroatoms. The minimum absolute atomic E-state index is 0. The summed E-state index contributed by atoms with van der Waals surface area (Å²) in [7, 11) is 0. The van der Waals surface area contributed by atoms with Crippen LogP contribution in [0.25, 0.3) is 0 Å². The molecular formula is C16H23ClN2O. The van der Waals surface area contributed by atoms with Crippen molar-refractivity contribution in [3.63, 3.8) is 0 Å². The average Bonchev–Trinajstić information content (AvgIpc) is 2.42. The van der Waals surface area contributed by atoms with E-state index in [4.69, 9.17) is 0 Å². The average molecular weight is 295 g/mol. The molecule has 0 radical (unpaired) electrons. The highest BCUT2D eigenvalue weighted by molar-refractivity contribution is 5.97. The first-order valence-corrected chi connectivity index (χ1v) is 7.42. The smallest absolute Gasteiger partial charge is 0.252 e. The number of amides is 1. The van der Waals surface area contributed by atoms with Crippen LogP contribution in [0.4, 0.5) is 5.69 Å². The Morgan fingerprint density at radius 2 is 2.15 bits per heavy atom. The van der Waals surface area contributed by atoms with E-state index < -0.39 is 0 Å². The molecule has 20 heavy (non-hydrogen) atoms. The van der Waals surface area contributed by atoms with Gasteiger partial charge in [-0.25, -0.2) is 0 Å². The summed E-state index contributed by atoms with van der Waals surface area (Å²) in [6, 6.07) is 6.01. The number of anilines is 1. The third-order valence-electron chi connectivity index (χ3n) is 4.71. The van der Waals surface area contributed by atoms with Crippen LogP contribution >= 0.6 is 12.4 Å². The number of halogens is 1. The Kier molecular flexibility index (Phi) is 4.59. The normalized spacial score (nSPS) is 18.9. The molecule has 2 N–H and O–H groups in total. The summed E-state index contributed by atoms with van der Waals surface area (Å²) in [6.45, 7) is 3.18. The molecule has 0 bridgehead atoms. The molecule has 1 saturated carbocycles. The summed E-state index contributed by atoms with van der Waals surface area (Å²) in [5, 5.41) is 6.66. The van der Waals surface area contributed by atoms with Gasteiger partial charge in [0.2, 0.25) is 0 Å². The van der Waals surface area contributed by atoms with E-state index in [0.29, 0.717) is 0 Å². The number of nitrogens with one attached hydrogen (secondary N) is 2. The molecule has 0 atom stereocenters. The first-order valence-electron chi connectivity index (χ1n) is 7.42. The molecule has 0 saturated heterocycles. The number of carbonyl (C=O) groups excluding carboxylic acids is 1. The monoisotopic (exact) mass is 294 g/mol. The van der Waals surface area contributed by atoms with Crippen LogP contribution in [0.15, 0.2) is 18.2 Å². The fraction of sp³-hybridized carbons (Fsp3) is 0.562. The fourth-order valence-corrected chi connectivity index (χ4v) is 3.20. The second kappa shape index (κ2) is 6.04. The summed E-state index contributed by atoms with van der Waals surface area (Å²) >= 11 is 0. The maximum atomic E-state index is 12.5. The van der Waals surface area contributed by atoms with Crippen molar-refractivity contribution in [1.82, 2.24) is 5.32 Å². The van der Waals surface area contributed by atoms with Crippen molar-refractivity contribution < 1.29 is 4.79 Å². The van der Waals surface area contributed by atoms with Gasteiger partial charge in [-0.2, -0.15) is 0 Å². The Labute approximate surface area is 126 Å². The van der Waals surface area contributed by atoms with E-state index in [1.54, 1.807) is 0 Å². The van der Waals surface area contributed by atoms with Crippen LogP contribution in [0.1, 0.15) is 54.9 Å². The van der Waals surface area contributed by atoms with Crippen LogP contribution in [-0.4, -0.2) is 18.0 Å². The SMILES string of the molecule is CCC1(NC(=O)c2cccc3c2CCCN3)CCC1.Cl. The maximum absolute atomic E-state index is 12.5. The first kappa shape index (κ1) is 15.2. The third-order valence-corrected chi connectivity index (χ3v) is 4.71. The molecule has 0 aromatic heterocycles. The molecule has 3 nitrogen and oxygen atoms in total. The molecule has 1 aliphatic heterocycles. The number of rotatable bonds is 3. The van der Waals surface area contributed by atoms with E-state index in [1.165, 1.54) is 12.0 Å². The standard InChI is InChI=1S/C16H22N2O.ClH/c1-2-16(9-5-10-16)18-15(19)13-6-3-8-14-12(13)7-4-11-17-14;/h3,6,8,17H,2,4-5,7,9-11H2,1H3,(H,18,19);1H. The van der Waals surface area contributed by atoms with Crippen LogP contribution in [0.5, 0.6) is 0 Å². The van der Waals surface area contributed by atoms with Crippen molar-refractivity contribution in [2.24, 2.45) is 0 Å². The third kappa shape index (κ3) is 2.64. The van der Waals surface area contributed by atoms with Gasteiger partial charge >= 0.3 is 0 Å². The Hall–Kier alpha value is -1.22. The molecule has 1 aliphatic carbocycles. The molecule has 110 valence electrons. The highest BCUT2D eigenvalue weighted by Crippen LogP contribution is 2.35. The van der Waals surface area contributed by atoms with Gasteiger partial charge in [-0.15, -0.1) is 12.4 Å². The van der Waals surface area contributed by atoms with Crippen LogP contribution in [0, 0.1) is 0 Å². The zero-order valence-electron chi connectivity index (χ0n) is 12.0. The molecule has 2 aliphatic rings. The minimum atomic E-state index is 0. The van der Waals surface area contributed by atoms with Crippen molar-refractivity contribution in [3.8, 4) is 0 Å². The van der Waals surface area contributed by atoms with E-state index in [9.17, 15) is 4.79 Å². The molecule has 1 amide bonds. The number of carbonyl (C=O) groups is 1. The molecule has 1 aromatic rings.